The number of nitrogens with two attached hydrogens (primary N) is 2. The fraction of sp³-hybridized carbons (Fsp3) is 0.400. The van der Waals surface area contributed by atoms with E-state index in [0.29, 0.717) is 11.8 Å². The van der Waals surface area contributed by atoms with Crippen molar-refractivity contribution >= 4 is 11.4 Å². The van der Waals surface area contributed by atoms with Crippen LogP contribution < -0.4 is 11.5 Å². The van der Waals surface area contributed by atoms with Crippen molar-refractivity contribution in [1.82, 2.24) is 0 Å². The van der Waals surface area contributed by atoms with Crippen molar-refractivity contribution in [1.29, 1.82) is 0 Å². The van der Waals surface area contributed by atoms with Crippen molar-refractivity contribution in [2.45, 2.75) is 104 Å². The third-order valence-corrected chi connectivity index (χ3v) is 9.10. The summed E-state index contributed by atoms with van der Waals surface area (Å²) in [5.74, 6) is 0.870. The first-order valence-corrected chi connectivity index (χ1v) is 16.3. The highest BCUT2D eigenvalue weighted by molar-refractivity contribution is 5.49. The summed E-state index contributed by atoms with van der Waals surface area (Å²) in [5, 5.41) is 0. The average Bonchev–Trinajstić information content (AvgIpc) is 2.98. The van der Waals surface area contributed by atoms with E-state index in [1.54, 1.807) is 0 Å². The Balaban J connectivity index is 1.14. The fourth-order valence-corrected chi connectivity index (χ4v) is 6.65. The standard InChI is InChI=1S/C40H52N2/c1-5-37(39-25-23-35(41)27-29(39)3)33-19-15-31(16-20-33)13-11-9-7-8-10-12-14-32-17-21-34(22-18-32)38(6-2)40-26-24-36(42)28-30(40)4/h15-28,37-38H,5-14,41-42H2,1-4H3. The van der Waals surface area contributed by atoms with Gasteiger partial charge in [-0.15, -0.1) is 0 Å². The summed E-state index contributed by atoms with van der Waals surface area (Å²) in [5.41, 5.74) is 24.8. The highest BCUT2D eigenvalue weighted by Crippen LogP contribution is 2.32. The molecule has 0 fully saturated rings. The Hall–Kier alpha value is -3.52. The van der Waals surface area contributed by atoms with E-state index in [1.165, 1.54) is 95.9 Å². The topological polar surface area (TPSA) is 52.0 Å². The Morgan fingerprint density at radius 1 is 0.476 bits per heavy atom. The fourth-order valence-electron chi connectivity index (χ4n) is 6.65. The zero-order valence-corrected chi connectivity index (χ0v) is 26.5. The predicted octanol–water partition coefficient (Wildman–Crippen LogP) is 10.7. The Labute approximate surface area is 255 Å². The van der Waals surface area contributed by atoms with Gasteiger partial charge in [-0.25, -0.2) is 0 Å². The molecule has 222 valence electrons. The molecule has 0 aliphatic carbocycles. The van der Waals surface area contributed by atoms with Crippen molar-refractivity contribution in [3.63, 3.8) is 0 Å². The summed E-state index contributed by atoms with van der Waals surface area (Å²) in [7, 11) is 0. The van der Waals surface area contributed by atoms with Crippen molar-refractivity contribution in [3.05, 3.63) is 129 Å². The van der Waals surface area contributed by atoms with Crippen LogP contribution in [-0.4, -0.2) is 0 Å². The Bertz CT molecular complexity index is 1280. The second-order valence-electron chi connectivity index (χ2n) is 12.3. The monoisotopic (exact) mass is 560 g/mol. The van der Waals surface area contributed by atoms with Gasteiger partial charge < -0.3 is 11.5 Å². The molecule has 2 unspecified atom stereocenters. The van der Waals surface area contributed by atoms with Gasteiger partial charge in [-0.3, -0.25) is 0 Å². The second kappa shape index (κ2) is 15.6. The van der Waals surface area contributed by atoms with Gasteiger partial charge in [-0.05, 0) is 121 Å². The SMILES string of the molecule is CCC(c1ccc(CCCCCCCCc2ccc(C(CC)c3ccc(N)cc3C)cc2)cc1)c1ccc(N)cc1C. The number of unbranched alkanes of at least 4 members (excludes halogenated alkanes) is 5. The van der Waals surface area contributed by atoms with Gasteiger partial charge in [-0.1, -0.05) is 100 Å². The van der Waals surface area contributed by atoms with Crippen molar-refractivity contribution in [2.75, 3.05) is 11.5 Å². The second-order valence-corrected chi connectivity index (χ2v) is 12.3. The maximum absolute atomic E-state index is 5.98. The molecule has 0 bridgehead atoms. The molecule has 0 saturated carbocycles. The first kappa shape index (κ1) is 31.4. The van der Waals surface area contributed by atoms with Crippen molar-refractivity contribution < 1.29 is 0 Å². The third kappa shape index (κ3) is 8.51. The zero-order valence-electron chi connectivity index (χ0n) is 26.5. The lowest BCUT2D eigenvalue weighted by atomic mass is 9.86. The summed E-state index contributed by atoms with van der Waals surface area (Å²) in [6.07, 6.45) is 12.4. The molecule has 0 aliphatic rings. The lowest BCUT2D eigenvalue weighted by molar-refractivity contribution is 0.593. The van der Waals surface area contributed by atoms with Crippen LogP contribution in [0.4, 0.5) is 11.4 Å². The predicted molar refractivity (Wildman–Crippen MR) is 183 cm³/mol. The van der Waals surface area contributed by atoms with E-state index in [1.807, 2.05) is 12.1 Å². The molecule has 4 rings (SSSR count). The summed E-state index contributed by atoms with van der Waals surface area (Å²) in [6, 6.07) is 31.4. The van der Waals surface area contributed by atoms with Crippen molar-refractivity contribution in [2.24, 2.45) is 0 Å². The van der Waals surface area contributed by atoms with Crippen LogP contribution in [0.25, 0.3) is 0 Å². The van der Waals surface area contributed by atoms with E-state index >= 15 is 0 Å². The molecule has 4 aromatic rings. The quantitative estimate of drug-likeness (QED) is 0.112. The third-order valence-electron chi connectivity index (χ3n) is 9.10. The number of rotatable bonds is 15. The van der Waals surface area contributed by atoms with E-state index < -0.39 is 0 Å². The summed E-state index contributed by atoms with van der Waals surface area (Å²) in [6.45, 7) is 8.90. The maximum Gasteiger partial charge on any atom is 0.0316 e. The summed E-state index contributed by atoms with van der Waals surface area (Å²) < 4.78 is 0. The molecule has 4 aromatic carbocycles. The number of hydrogen-bond donors (Lipinski definition) is 2. The molecule has 0 spiro atoms. The smallest absolute Gasteiger partial charge is 0.0316 e. The van der Waals surface area contributed by atoms with Gasteiger partial charge in [0.15, 0.2) is 0 Å². The van der Waals surface area contributed by atoms with Crippen molar-refractivity contribution in [3.8, 4) is 0 Å². The molecule has 42 heavy (non-hydrogen) atoms. The van der Waals surface area contributed by atoms with E-state index in [2.05, 4.69) is 100 Å². The van der Waals surface area contributed by atoms with Crippen LogP contribution in [0.15, 0.2) is 84.9 Å². The number of anilines is 2. The first-order valence-electron chi connectivity index (χ1n) is 16.3. The number of aryl methyl sites for hydroxylation is 4. The Morgan fingerprint density at radius 3 is 1.17 bits per heavy atom. The summed E-state index contributed by atoms with van der Waals surface area (Å²) >= 11 is 0. The molecular weight excluding hydrogens is 508 g/mol. The normalized spacial score (nSPS) is 12.8. The minimum atomic E-state index is 0.435. The Kier molecular flexibility index (Phi) is 11.7. The highest BCUT2D eigenvalue weighted by atomic mass is 14.5. The molecule has 0 aliphatic heterocycles. The molecule has 4 N–H and O–H groups in total. The van der Waals surface area contributed by atoms with Gasteiger partial charge in [0, 0.05) is 23.2 Å². The van der Waals surface area contributed by atoms with Crippen LogP contribution >= 0.6 is 0 Å². The molecule has 0 amide bonds. The van der Waals surface area contributed by atoms with Crippen LogP contribution in [0.3, 0.4) is 0 Å². The molecule has 0 aromatic heterocycles. The van der Waals surface area contributed by atoms with E-state index in [0.717, 1.165) is 24.2 Å². The van der Waals surface area contributed by atoms with Gasteiger partial charge in [0.25, 0.3) is 0 Å². The molecule has 2 nitrogen and oxygen atoms in total. The number of nitrogen functional groups attached to an aromatic ring is 2. The molecule has 0 saturated heterocycles. The number of benzene rings is 4. The lowest BCUT2D eigenvalue weighted by Gasteiger charge is -2.19. The van der Waals surface area contributed by atoms with E-state index in [-0.39, 0.29) is 0 Å². The van der Waals surface area contributed by atoms with E-state index in [4.69, 9.17) is 11.5 Å². The average molecular weight is 561 g/mol. The Morgan fingerprint density at radius 2 is 0.833 bits per heavy atom. The minimum Gasteiger partial charge on any atom is -0.399 e. The molecular formula is C40H52N2. The molecule has 0 radical (unpaired) electrons. The molecule has 2 atom stereocenters. The van der Waals surface area contributed by atoms with Crippen LogP contribution in [0, 0.1) is 13.8 Å². The van der Waals surface area contributed by atoms with Gasteiger partial charge in [0.05, 0.1) is 0 Å². The van der Waals surface area contributed by atoms with Gasteiger partial charge >= 0.3 is 0 Å². The van der Waals surface area contributed by atoms with Gasteiger partial charge in [0.1, 0.15) is 0 Å². The van der Waals surface area contributed by atoms with Crippen LogP contribution in [0.1, 0.15) is 122 Å². The molecule has 2 heteroatoms. The van der Waals surface area contributed by atoms with Crippen LogP contribution in [0.5, 0.6) is 0 Å². The summed E-state index contributed by atoms with van der Waals surface area (Å²) in [4.78, 5) is 0. The van der Waals surface area contributed by atoms with E-state index in [9.17, 15) is 0 Å². The largest absolute Gasteiger partial charge is 0.399 e. The number of hydrogen-bond acceptors (Lipinski definition) is 2. The van der Waals surface area contributed by atoms with Gasteiger partial charge in [-0.2, -0.15) is 0 Å². The molecule has 0 heterocycles. The zero-order chi connectivity index (χ0) is 29.9. The van der Waals surface area contributed by atoms with Crippen LogP contribution in [0.2, 0.25) is 0 Å². The minimum absolute atomic E-state index is 0.435. The first-order chi connectivity index (χ1) is 20.4. The maximum atomic E-state index is 5.98. The van der Waals surface area contributed by atoms with Gasteiger partial charge in [0.2, 0.25) is 0 Å². The van der Waals surface area contributed by atoms with Crippen LogP contribution in [-0.2, 0) is 12.8 Å². The highest BCUT2D eigenvalue weighted by Gasteiger charge is 2.15. The lowest BCUT2D eigenvalue weighted by Crippen LogP contribution is -2.03.